The molecule has 8 atom stereocenters. The summed E-state index contributed by atoms with van der Waals surface area (Å²) in [7, 11) is 0. The molecule has 1 aliphatic carbocycles. The monoisotopic (exact) mass is 565 g/mol. The largest absolute Gasteiger partial charge is 0.455 e. The van der Waals surface area contributed by atoms with E-state index in [0.29, 0.717) is 12.0 Å². The Bertz CT molecular complexity index is 968. The fourth-order valence-corrected chi connectivity index (χ4v) is 4.43. The molecular weight excluding hydrogens is 518 g/mol. The molecule has 0 bridgehead atoms. The van der Waals surface area contributed by atoms with E-state index in [9.17, 15) is 34.5 Å². The van der Waals surface area contributed by atoms with Crippen LogP contribution in [0, 0.1) is 17.8 Å². The van der Waals surface area contributed by atoms with E-state index in [1.807, 2.05) is 13.8 Å². The van der Waals surface area contributed by atoms with Gasteiger partial charge in [0, 0.05) is 19.3 Å². The molecule has 1 rings (SSSR count). The maximum atomic E-state index is 13.2. The topological polar surface area (TPSA) is 159 Å². The average Bonchev–Trinajstić information content (AvgIpc) is 2.87. The molecule has 0 heterocycles. The van der Waals surface area contributed by atoms with Crippen molar-refractivity contribution in [2.75, 3.05) is 6.61 Å². The molecule has 0 fully saturated rings. The zero-order valence-electron chi connectivity index (χ0n) is 24.8. The molecule has 40 heavy (non-hydrogen) atoms. The lowest BCUT2D eigenvalue weighted by molar-refractivity contribution is -0.156. The van der Waals surface area contributed by atoms with Gasteiger partial charge in [0.25, 0.3) is 0 Å². The molecule has 0 saturated carbocycles. The van der Waals surface area contributed by atoms with E-state index in [0.717, 1.165) is 0 Å². The SMILES string of the molecule is CC[C@@H](O)[C@@H](C)NC(=O)OC[C@@H](C)/C=C/C=C(\C)[C@H]1C(=O)C(=O)C[C@@H](O)CC[C@](C)(O)[C@@H](OC(C)=O)/C=C/[C@@H]1C. The standard InChI is InChI=1S/C30H47NO9/c1-8-24(34)21(5)31-29(37)39-17-18(2)10-9-11-19(3)27-20(4)12-13-26(40-22(6)32)30(7,38)15-14-23(33)16-25(35)28(27)36/h9-13,18,20-21,23-24,26-27,33-34,38H,8,14-17H2,1-7H3,(H,31,37)/b10-9+,13-12+,19-11+/t18-,20-,21+,23-,24+,26-,27+,30-/m0/s1. The van der Waals surface area contributed by atoms with Crippen LogP contribution < -0.4 is 5.32 Å². The average molecular weight is 566 g/mol. The van der Waals surface area contributed by atoms with Gasteiger partial charge in [-0.3, -0.25) is 14.4 Å². The first-order chi connectivity index (χ1) is 18.6. The summed E-state index contributed by atoms with van der Waals surface area (Å²) in [6, 6.07) is -0.437. The fraction of sp³-hybridized carbons (Fsp3) is 0.667. The van der Waals surface area contributed by atoms with Crippen molar-refractivity contribution in [1.29, 1.82) is 0 Å². The summed E-state index contributed by atoms with van der Waals surface area (Å²) < 4.78 is 10.5. The number of allylic oxidation sites excluding steroid dienone is 4. The van der Waals surface area contributed by atoms with Crippen LogP contribution in [0.1, 0.15) is 74.1 Å². The van der Waals surface area contributed by atoms with Crippen LogP contribution in [0.2, 0.25) is 0 Å². The Morgan fingerprint density at radius 1 is 1.23 bits per heavy atom. The van der Waals surface area contributed by atoms with Crippen molar-refractivity contribution >= 4 is 23.6 Å². The van der Waals surface area contributed by atoms with Gasteiger partial charge in [0.2, 0.25) is 11.6 Å². The minimum atomic E-state index is -1.48. The first-order valence-corrected chi connectivity index (χ1v) is 13.9. The predicted molar refractivity (Wildman–Crippen MR) is 150 cm³/mol. The Kier molecular flexibility index (Phi) is 14.5. The number of rotatable bonds is 9. The third kappa shape index (κ3) is 11.7. The summed E-state index contributed by atoms with van der Waals surface area (Å²) in [6.45, 7) is 11.7. The van der Waals surface area contributed by atoms with Gasteiger partial charge in [-0.1, -0.05) is 50.6 Å². The molecule has 0 saturated heterocycles. The number of carbonyl (C=O) groups is 4. The number of ether oxygens (including phenoxy) is 2. The lowest BCUT2D eigenvalue weighted by atomic mass is 9.79. The van der Waals surface area contributed by atoms with Crippen LogP contribution in [0.15, 0.2) is 36.0 Å². The Labute approximate surface area is 237 Å². The van der Waals surface area contributed by atoms with Crippen LogP contribution in [0.5, 0.6) is 0 Å². The molecular formula is C30H47NO9. The van der Waals surface area contributed by atoms with E-state index in [1.165, 1.54) is 19.9 Å². The minimum Gasteiger partial charge on any atom is -0.455 e. The molecule has 0 aromatic carbocycles. The van der Waals surface area contributed by atoms with Gasteiger partial charge >= 0.3 is 12.1 Å². The van der Waals surface area contributed by atoms with Crippen LogP contribution in [-0.4, -0.2) is 75.5 Å². The zero-order chi connectivity index (χ0) is 30.6. The van der Waals surface area contributed by atoms with E-state index < -0.39 is 65.4 Å². The summed E-state index contributed by atoms with van der Waals surface area (Å²) >= 11 is 0. The molecule has 0 unspecified atom stereocenters. The highest BCUT2D eigenvalue weighted by atomic mass is 16.6. The Hall–Kier alpha value is -2.82. The Morgan fingerprint density at radius 3 is 2.48 bits per heavy atom. The summed E-state index contributed by atoms with van der Waals surface area (Å²) in [5.74, 6) is -3.40. The van der Waals surface area contributed by atoms with Gasteiger partial charge in [-0.2, -0.15) is 0 Å². The number of aliphatic hydroxyl groups is 3. The first-order valence-electron chi connectivity index (χ1n) is 13.9. The molecule has 0 aromatic rings. The number of hydrogen-bond donors (Lipinski definition) is 4. The van der Waals surface area contributed by atoms with Crippen LogP contribution in [0.3, 0.4) is 0 Å². The van der Waals surface area contributed by atoms with Crippen molar-refractivity contribution < 1.29 is 44.0 Å². The minimum absolute atomic E-state index is 0.0471. The number of amides is 1. The van der Waals surface area contributed by atoms with Crippen molar-refractivity contribution in [2.24, 2.45) is 17.8 Å². The van der Waals surface area contributed by atoms with Gasteiger partial charge in [-0.05, 0) is 52.0 Å². The second-order valence-electron chi connectivity index (χ2n) is 11.1. The highest BCUT2D eigenvalue weighted by Crippen LogP contribution is 2.29. The van der Waals surface area contributed by atoms with Gasteiger partial charge in [-0.25, -0.2) is 4.79 Å². The van der Waals surface area contributed by atoms with Crippen LogP contribution in [0.4, 0.5) is 4.79 Å². The fourth-order valence-electron chi connectivity index (χ4n) is 4.43. The highest BCUT2D eigenvalue weighted by Gasteiger charge is 2.36. The summed E-state index contributed by atoms with van der Waals surface area (Å²) in [4.78, 5) is 49.6. The van der Waals surface area contributed by atoms with E-state index in [1.54, 1.807) is 45.1 Å². The predicted octanol–water partition coefficient (Wildman–Crippen LogP) is 3.18. The molecule has 0 aliphatic heterocycles. The van der Waals surface area contributed by atoms with Crippen molar-refractivity contribution in [2.45, 2.75) is 104 Å². The molecule has 10 heteroatoms. The number of nitrogens with one attached hydrogen (secondary N) is 1. The maximum Gasteiger partial charge on any atom is 0.407 e. The number of carbonyl (C=O) groups excluding carboxylic acids is 4. The first kappa shape index (κ1) is 35.2. The Balaban J connectivity index is 3.07. The van der Waals surface area contributed by atoms with Crippen molar-refractivity contribution in [1.82, 2.24) is 5.32 Å². The van der Waals surface area contributed by atoms with Crippen LogP contribution in [-0.2, 0) is 23.9 Å². The molecule has 1 amide bonds. The summed E-state index contributed by atoms with van der Waals surface area (Å²) in [5.41, 5.74) is -0.886. The smallest absolute Gasteiger partial charge is 0.407 e. The number of Topliss-reactive ketones (excluding diaryl/α,β-unsaturated/α-hetero) is 2. The lowest BCUT2D eigenvalue weighted by Crippen LogP contribution is -2.42. The Morgan fingerprint density at radius 2 is 1.88 bits per heavy atom. The second kappa shape index (κ2) is 16.4. The maximum absolute atomic E-state index is 13.2. The van der Waals surface area contributed by atoms with Crippen LogP contribution >= 0.6 is 0 Å². The van der Waals surface area contributed by atoms with E-state index in [2.05, 4.69) is 5.32 Å². The van der Waals surface area contributed by atoms with E-state index >= 15 is 0 Å². The third-order valence-electron chi connectivity index (χ3n) is 7.09. The zero-order valence-corrected chi connectivity index (χ0v) is 24.8. The van der Waals surface area contributed by atoms with Crippen molar-refractivity contribution in [3.8, 4) is 0 Å². The second-order valence-corrected chi connectivity index (χ2v) is 11.1. The van der Waals surface area contributed by atoms with Crippen LogP contribution in [0.25, 0.3) is 0 Å². The molecule has 10 nitrogen and oxygen atoms in total. The number of ketones is 2. The molecule has 0 spiro atoms. The number of aliphatic hydroxyl groups excluding tert-OH is 2. The van der Waals surface area contributed by atoms with Gasteiger partial charge in [-0.15, -0.1) is 0 Å². The lowest BCUT2D eigenvalue weighted by Gasteiger charge is -2.32. The third-order valence-corrected chi connectivity index (χ3v) is 7.09. The number of alkyl carbamates (subject to hydrolysis) is 1. The molecule has 0 radical (unpaired) electrons. The molecule has 226 valence electrons. The van der Waals surface area contributed by atoms with Crippen molar-refractivity contribution in [3.05, 3.63) is 36.0 Å². The van der Waals surface area contributed by atoms with Gasteiger partial charge in [0.05, 0.1) is 30.8 Å². The molecule has 1 aliphatic rings. The molecule has 0 aromatic heterocycles. The quantitative estimate of drug-likeness (QED) is 0.142. The molecule has 4 N–H and O–H groups in total. The summed E-state index contributed by atoms with van der Waals surface area (Å²) in [5, 5.41) is 33.7. The van der Waals surface area contributed by atoms with Crippen molar-refractivity contribution in [3.63, 3.8) is 0 Å². The van der Waals surface area contributed by atoms with Gasteiger partial charge in [0.1, 0.15) is 11.7 Å². The number of hydrogen-bond acceptors (Lipinski definition) is 9. The summed E-state index contributed by atoms with van der Waals surface area (Å²) in [6.07, 6.45) is 5.22. The normalized spacial score (nSPS) is 30.0. The van der Waals surface area contributed by atoms with Gasteiger partial charge in [0.15, 0.2) is 0 Å². The van der Waals surface area contributed by atoms with Gasteiger partial charge < -0.3 is 30.1 Å². The highest BCUT2D eigenvalue weighted by molar-refractivity contribution is 6.38. The van der Waals surface area contributed by atoms with E-state index in [4.69, 9.17) is 9.47 Å². The number of esters is 1. The van der Waals surface area contributed by atoms with E-state index in [-0.39, 0.29) is 31.8 Å².